The summed E-state index contributed by atoms with van der Waals surface area (Å²) in [5.74, 6) is 1.71. The summed E-state index contributed by atoms with van der Waals surface area (Å²) in [6, 6.07) is 9.73. The summed E-state index contributed by atoms with van der Waals surface area (Å²) in [5.41, 5.74) is 2.89. The highest BCUT2D eigenvalue weighted by molar-refractivity contribution is 7.88. The lowest BCUT2D eigenvalue weighted by atomic mass is 10.2. The first kappa shape index (κ1) is 22.0. The van der Waals surface area contributed by atoms with Crippen molar-refractivity contribution in [3.63, 3.8) is 0 Å². The molecule has 1 aromatic carbocycles. The third-order valence-electron chi connectivity index (χ3n) is 6.04. The van der Waals surface area contributed by atoms with Crippen LogP contribution < -0.4 is 9.80 Å². The molecule has 0 amide bonds. The molecule has 1 aromatic heterocycles. The van der Waals surface area contributed by atoms with Gasteiger partial charge in [0.25, 0.3) is 0 Å². The molecule has 2 aliphatic heterocycles. The van der Waals surface area contributed by atoms with Gasteiger partial charge < -0.3 is 14.7 Å². The fourth-order valence-electron chi connectivity index (χ4n) is 4.03. The molecule has 2 aromatic rings. The Bertz CT molecular complexity index is 995. The van der Waals surface area contributed by atoms with Gasteiger partial charge in [0.05, 0.1) is 5.75 Å². The summed E-state index contributed by atoms with van der Waals surface area (Å²) in [5, 5.41) is 0. The van der Waals surface area contributed by atoms with Crippen LogP contribution in [0.4, 0.5) is 11.8 Å². The van der Waals surface area contributed by atoms with Gasteiger partial charge in [0, 0.05) is 64.1 Å². The van der Waals surface area contributed by atoms with Crippen molar-refractivity contribution in [1.29, 1.82) is 0 Å². The van der Waals surface area contributed by atoms with Gasteiger partial charge in [0.1, 0.15) is 5.82 Å². The van der Waals surface area contributed by atoms with Crippen LogP contribution >= 0.6 is 0 Å². The molecule has 0 atom stereocenters. The fraction of sp³-hybridized carbons (Fsp3) is 0.545. The zero-order chi connectivity index (χ0) is 22.0. The molecule has 2 fully saturated rings. The van der Waals surface area contributed by atoms with Crippen LogP contribution in [0, 0.1) is 13.8 Å². The molecular weight excluding hydrogens is 412 g/mol. The van der Waals surface area contributed by atoms with Crippen LogP contribution in [-0.4, -0.2) is 87.0 Å². The maximum absolute atomic E-state index is 12.9. The minimum Gasteiger partial charge on any atom is -0.354 e. The number of hydrogen-bond donors (Lipinski definition) is 0. The van der Waals surface area contributed by atoms with Gasteiger partial charge in [-0.15, -0.1) is 0 Å². The van der Waals surface area contributed by atoms with E-state index < -0.39 is 10.0 Å². The van der Waals surface area contributed by atoms with Crippen LogP contribution in [0.1, 0.15) is 16.8 Å². The molecule has 0 saturated carbocycles. The van der Waals surface area contributed by atoms with E-state index in [1.807, 2.05) is 44.2 Å². The fourth-order valence-corrected chi connectivity index (χ4v) is 5.54. The van der Waals surface area contributed by atoms with E-state index in [2.05, 4.69) is 26.7 Å². The van der Waals surface area contributed by atoms with Crippen molar-refractivity contribution in [3.05, 3.63) is 47.2 Å². The van der Waals surface area contributed by atoms with Gasteiger partial charge >= 0.3 is 0 Å². The standard InChI is InChI=1S/C22H32N6O2S/c1-18-4-6-20(7-5-18)17-31(29,30)28-14-12-27(13-15-28)22-23-19(2)16-21(24-22)26-10-8-25(3)9-11-26/h4-7,16H,8-15,17H2,1-3H3. The van der Waals surface area contributed by atoms with Crippen molar-refractivity contribution >= 4 is 21.8 Å². The molecule has 4 rings (SSSR count). The number of aromatic nitrogens is 2. The number of benzene rings is 1. The Kier molecular flexibility index (Phi) is 6.45. The second kappa shape index (κ2) is 9.10. The third-order valence-corrected chi connectivity index (χ3v) is 7.89. The second-order valence-electron chi connectivity index (χ2n) is 8.59. The smallest absolute Gasteiger partial charge is 0.227 e. The molecule has 2 saturated heterocycles. The van der Waals surface area contributed by atoms with Gasteiger partial charge in [-0.25, -0.2) is 13.4 Å². The van der Waals surface area contributed by atoms with E-state index in [0.29, 0.717) is 32.1 Å². The SMILES string of the molecule is Cc1ccc(CS(=O)(=O)N2CCN(c3nc(C)cc(N4CCN(C)CC4)n3)CC2)cc1. The van der Waals surface area contributed by atoms with Crippen molar-refractivity contribution in [1.82, 2.24) is 19.2 Å². The lowest BCUT2D eigenvalue weighted by molar-refractivity contribution is 0.312. The molecule has 0 N–H and O–H groups in total. The number of nitrogens with zero attached hydrogens (tertiary/aromatic N) is 6. The van der Waals surface area contributed by atoms with Crippen molar-refractivity contribution in [2.24, 2.45) is 0 Å². The summed E-state index contributed by atoms with van der Waals surface area (Å²) >= 11 is 0. The minimum absolute atomic E-state index is 0.0434. The van der Waals surface area contributed by atoms with E-state index >= 15 is 0 Å². The molecule has 0 radical (unpaired) electrons. The van der Waals surface area contributed by atoms with E-state index in [4.69, 9.17) is 4.98 Å². The Morgan fingerprint density at radius 1 is 0.839 bits per heavy atom. The van der Waals surface area contributed by atoms with Gasteiger partial charge in [-0.1, -0.05) is 29.8 Å². The Labute approximate surface area is 185 Å². The molecule has 0 spiro atoms. The Hall–Kier alpha value is -2.23. The average molecular weight is 445 g/mol. The van der Waals surface area contributed by atoms with Crippen LogP contribution in [0.15, 0.2) is 30.3 Å². The first-order valence-electron chi connectivity index (χ1n) is 10.9. The molecule has 2 aliphatic rings. The Morgan fingerprint density at radius 3 is 2.10 bits per heavy atom. The summed E-state index contributed by atoms with van der Waals surface area (Å²) < 4.78 is 27.4. The first-order valence-corrected chi connectivity index (χ1v) is 12.5. The lowest BCUT2D eigenvalue weighted by Gasteiger charge is -2.36. The zero-order valence-electron chi connectivity index (χ0n) is 18.7. The number of anilines is 2. The second-order valence-corrected chi connectivity index (χ2v) is 10.6. The average Bonchev–Trinajstić information content (AvgIpc) is 2.75. The highest BCUT2D eigenvalue weighted by Crippen LogP contribution is 2.21. The summed E-state index contributed by atoms with van der Waals surface area (Å²) in [6.07, 6.45) is 0. The van der Waals surface area contributed by atoms with E-state index in [1.54, 1.807) is 4.31 Å². The lowest BCUT2D eigenvalue weighted by Crippen LogP contribution is -2.49. The quantitative estimate of drug-likeness (QED) is 0.692. The largest absolute Gasteiger partial charge is 0.354 e. The highest BCUT2D eigenvalue weighted by atomic mass is 32.2. The number of rotatable bonds is 5. The van der Waals surface area contributed by atoms with Crippen LogP contribution in [0.2, 0.25) is 0 Å². The number of piperazine rings is 2. The maximum atomic E-state index is 12.9. The van der Waals surface area contributed by atoms with E-state index in [1.165, 1.54) is 0 Å². The van der Waals surface area contributed by atoms with E-state index in [0.717, 1.165) is 48.8 Å². The van der Waals surface area contributed by atoms with Crippen molar-refractivity contribution in [3.8, 4) is 0 Å². The minimum atomic E-state index is -3.34. The molecule has 0 aliphatic carbocycles. The number of aryl methyl sites for hydroxylation is 2. The number of sulfonamides is 1. The molecule has 3 heterocycles. The Morgan fingerprint density at radius 2 is 1.45 bits per heavy atom. The molecule has 9 heteroatoms. The van der Waals surface area contributed by atoms with Crippen molar-refractivity contribution in [2.75, 3.05) is 69.2 Å². The van der Waals surface area contributed by atoms with Gasteiger partial charge in [0.2, 0.25) is 16.0 Å². The van der Waals surface area contributed by atoms with Crippen LogP contribution in [0.5, 0.6) is 0 Å². The van der Waals surface area contributed by atoms with Crippen LogP contribution in [0.25, 0.3) is 0 Å². The van der Waals surface area contributed by atoms with Crippen LogP contribution in [-0.2, 0) is 15.8 Å². The van der Waals surface area contributed by atoms with E-state index in [9.17, 15) is 8.42 Å². The summed E-state index contributed by atoms with van der Waals surface area (Å²) in [7, 11) is -1.20. The monoisotopic (exact) mass is 444 g/mol. The first-order chi connectivity index (χ1) is 14.8. The predicted octanol–water partition coefficient (Wildman–Crippen LogP) is 1.50. The Balaban J connectivity index is 1.41. The highest BCUT2D eigenvalue weighted by Gasteiger charge is 2.28. The number of likely N-dealkylation sites (N-methyl/N-ethyl adjacent to an activating group) is 1. The molecule has 0 unspecified atom stereocenters. The predicted molar refractivity (Wildman–Crippen MR) is 124 cm³/mol. The molecular formula is C22H32N6O2S. The summed E-state index contributed by atoms with van der Waals surface area (Å²) in [4.78, 5) is 16.2. The molecule has 0 bridgehead atoms. The third kappa shape index (κ3) is 5.34. The van der Waals surface area contributed by atoms with Gasteiger partial charge in [-0.05, 0) is 26.5 Å². The maximum Gasteiger partial charge on any atom is 0.227 e. The van der Waals surface area contributed by atoms with Gasteiger partial charge in [-0.3, -0.25) is 0 Å². The van der Waals surface area contributed by atoms with E-state index in [-0.39, 0.29) is 5.75 Å². The van der Waals surface area contributed by atoms with Crippen molar-refractivity contribution < 1.29 is 8.42 Å². The molecule has 31 heavy (non-hydrogen) atoms. The normalized spacial score (nSPS) is 19.1. The zero-order valence-corrected chi connectivity index (χ0v) is 19.5. The molecule has 8 nitrogen and oxygen atoms in total. The molecule has 168 valence electrons. The van der Waals surface area contributed by atoms with Crippen molar-refractivity contribution in [2.45, 2.75) is 19.6 Å². The van der Waals surface area contributed by atoms with Crippen LogP contribution in [0.3, 0.4) is 0 Å². The summed E-state index contributed by atoms with van der Waals surface area (Å²) in [6.45, 7) is 10.1. The topological polar surface area (TPSA) is 72.9 Å². The van der Waals surface area contributed by atoms with Gasteiger partial charge in [0.15, 0.2) is 0 Å². The van der Waals surface area contributed by atoms with Gasteiger partial charge in [-0.2, -0.15) is 9.29 Å². The number of hydrogen-bond acceptors (Lipinski definition) is 7.